The number of aliphatic hydroxyl groups is 1. The lowest BCUT2D eigenvalue weighted by atomic mass is 9.95. The number of carbonyl (C=O) groups is 2. The van der Waals surface area contributed by atoms with Gasteiger partial charge in [-0.2, -0.15) is 0 Å². The summed E-state index contributed by atoms with van der Waals surface area (Å²) >= 11 is 5.83. The Hall–Kier alpha value is -3.21. The molecular formula is C24H17BrN2O5S2. The van der Waals surface area contributed by atoms with Crippen molar-refractivity contribution in [1.29, 1.82) is 0 Å². The van der Waals surface area contributed by atoms with Gasteiger partial charge in [-0.15, -0.1) is 11.3 Å². The van der Waals surface area contributed by atoms with Crippen molar-refractivity contribution in [1.82, 2.24) is 4.98 Å². The highest BCUT2D eigenvalue weighted by Gasteiger charge is 2.46. The molecule has 1 amide bonds. The number of aromatic hydroxyl groups is 1. The number of anilines is 1. The number of hydrogen-bond donors (Lipinski definition) is 2. The quantitative estimate of drug-likeness (QED) is 0.296. The molecule has 4 aromatic rings. The van der Waals surface area contributed by atoms with Crippen LogP contribution >= 0.6 is 38.6 Å². The normalized spacial score (nSPS) is 16.0. The highest BCUT2D eigenvalue weighted by Crippen LogP contribution is 2.47. The van der Waals surface area contributed by atoms with Crippen molar-refractivity contribution in [2.75, 3.05) is 12.0 Å². The SMILES string of the molecule is COc1cc(C2C(C(=O)c3cccs3)=C(O)C(=O)N2c2nc3ccc(C)cc3s2)cc(Br)c1O. The van der Waals surface area contributed by atoms with Crippen molar-refractivity contribution >= 4 is 65.6 Å². The van der Waals surface area contributed by atoms with Gasteiger partial charge in [-0.05, 0) is 69.7 Å². The lowest BCUT2D eigenvalue weighted by Crippen LogP contribution is -2.31. The van der Waals surface area contributed by atoms with E-state index < -0.39 is 23.5 Å². The maximum Gasteiger partial charge on any atom is 0.296 e. The van der Waals surface area contributed by atoms with E-state index in [4.69, 9.17) is 4.74 Å². The van der Waals surface area contributed by atoms with Gasteiger partial charge < -0.3 is 14.9 Å². The average Bonchev–Trinajstić information content (AvgIpc) is 3.54. The summed E-state index contributed by atoms with van der Waals surface area (Å²) in [5.41, 5.74) is 2.17. The molecule has 34 heavy (non-hydrogen) atoms. The zero-order chi connectivity index (χ0) is 24.1. The second kappa shape index (κ2) is 8.53. The number of aromatic nitrogens is 1. The molecule has 0 saturated heterocycles. The molecule has 0 radical (unpaired) electrons. The fourth-order valence-corrected chi connectivity index (χ4v) is 6.15. The average molecular weight is 557 g/mol. The third-order valence-electron chi connectivity index (χ3n) is 5.52. The van der Waals surface area contributed by atoms with Gasteiger partial charge in [0.1, 0.15) is 0 Å². The largest absolute Gasteiger partial charge is 0.503 e. The number of thiophene rings is 1. The number of hydrogen-bond acceptors (Lipinski definition) is 8. The molecule has 1 aliphatic heterocycles. The number of methoxy groups -OCH3 is 1. The van der Waals surface area contributed by atoms with Gasteiger partial charge >= 0.3 is 0 Å². The summed E-state index contributed by atoms with van der Waals surface area (Å²) in [5.74, 6) is -1.75. The molecule has 0 aliphatic carbocycles. The molecule has 1 unspecified atom stereocenters. The number of Topliss-reactive ketones (excluding diaryl/α,β-unsaturated/α-hetero) is 1. The number of aryl methyl sites for hydroxylation is 1. The molecule has 0 bridgehead atoms. The molecule has 3 heterocycles. The third-order valence-corrected chi connectivity index (χ3v) is 8.01. The fraction of sp³-hybridized carbons (Fsp3) is 0.125. The summed E-state index contributed by atoms with van der Waals surface area (Å²) < 4.78 is 6.49. The van der Waals surface area contributed by atoms with Crippen LogP contribution in [0.25, 0.3) is 10.2 Å². The van der Waals surface area contributed by atoms with Crippen molar-refractivity contribution < 1.29 is 24.5 Å². The smallest absolute Gasteiger partial charge is 0.296 e. The van der Waals surface area contributed by atoms with Crippen LogP contribution < -0.4 is 9.64 Å². The minimum absolute atomic E-state index is 0.0532. The summed E-state index contributed by atoms with van der Waals surface area (Å²) in [5, 5.41) is 23.3. The Bertz CT molecular complexity index is 1490. The lowest BCUT2D eigenvalue weighted by Gasteiger charge is -2.25. The second-order valence-corrected chi connectivity index (χ2v) is 10.5. The number of phenolic OH excluding ortho intramolecular Hbond substituents is 1. The summed E-state index contributed by atoms with van der Waals surface area (Å²) in [6.07, 6.45) is 0. The molecule has 7 nitrogen and oxygen atoms in total. The van der Waals surface area contributed by atoms with E-state index in [2.05, 4.69) is 20.9 Å². The van der Waals surface area contributed by atoms with Crippen molar-refractivity contribution in [2.45, 2.75) is 13.0 Å². The Kier molecular flexibility index (Phi) is 5.67. The van der Waals surface area contributed by atoms with Crippen molar-refractivity contribution in [3.63, 3.8) is 0 Å². The van der Waals surface area contributed by atoms with Gasteiger partial charge in [-0.1, -0.05) is 23.5 Å². The molecule has 10 heteroatoms. The fourth-order valence-electron chi connectivity index (χ4n) is 3.92. The first-order valence-corrected chi connectivity index (χ1v) is 12.6. The van der Waals surface area contributed by atoms with Crippen LogP contribution in [0.15, 0.2) is 63.6 Å². The van der Waals surface area contributed by atoms with E-state index in [1.165, 1.54) is 34.7 Å². The zero-order valence-electron chi connectivity index (χ0n) is 17.9. The highest BCUT2D eigenvalue weighted by molar-refractivity contribution is 9.10. The standard InChI is InChI=1S/C24H17BrN2O5S2/c1-11-5-6-14-17(8-11)34-24(26-14)27-19(12-9-13(25)20(28)15(10-12)32-2)18(22(30)23(27)31)21(29)16-4-3-7-33-16/h3-10,19,28,30H,1-2H3. The van der Waals surface area contributed by atoms with Gasteiger partial charge in [-0.3, -0.25) is 14.5 Å². The number of rotatable bonds is 5. The van der Waals surface area contributed by atoms with Crippen molar-refractivity contribution in [2.24, 2.45) is 0 Å². The number of phenols is 1. The van der Waals surface area contributed by atoms with E-state index in [1.54, 1.807) is 29.6 Å². The van der Waals surface area contributed by atoms with Crippen LogP contribution in [0, 0.1) is 6.92 Å². The predicted octanol–water partition coefficient (Wildman–Crippen LogP) is 5.93. The topological polar surface area (TPSA) is 100.0 Å². The summed E-state index contributed by atoms with van der Waals surface area (Å²) in [6.45, 7) is 1.97. The number of halogens is 1. The number of aliphatic hydroxyl groups excluding tert-OH is 1. The van der Waals surface area contributed by atoms with Crippen molar-refractivity contribution in [3.05, 3.63) is 79.7 Å². The number of fused-ring (bicyclic) bond motifs is 1. The van der Waals surface area contributed by atoms with Crippen LogP contribution in [-0.4, -0.2) is 34.0 Å². The van der Waals surface area contributed by atoms with Crippen LogP contribution in [-0.2, 0) is 4.79 Å². The number of benzene rings is 2. The van der Waals surface area contributed by atoms with Gasteiger partial charge in [0.25, 0.3) is 5.91 Å². The van der Waals surface area contributed by atoms with Gasteiger partial charge in [-0.25, -0.2) is 4.98 Å². The zero-order valence-corrected chi connectivity index (χ0v) is 21.1. The van der Waals surface area contributed by atoms with E-state index in [1.807, 2.05) is 25.1 Å². The Morgan fingerprint density at radius 2 is 2.00 bits per heavy atom. The second-order valence-electron chi connectivity index (χ2n) is 7.67. The van der Waals surface area contributed by atoms with Crippen LogP contribution in [0.3, 0.4) is 0 Å². The maximum atomic E-state index is 13.5. The first-order valence-electron chi connectivity index (χ1n) is 10.1. The third kappa shape index (κ3) is 3.58. The van der Waals surface area contributed by atoms with Crippen LogP contribution in [0.5, 0.6) is 11.5 Å². The highest BCUT2D eigenvalue weighted by atomic mass is 79.9. The molecule has 2 N–H and O–H groups in total. The van der Waals surface area contributed by atoms with Gasteiger partial charge in [0.15, 0.2) is 22.4 Å². The number of nitrogens with zero attached hydrogens (tertiary/aromatic N) is 2. The molecule has 1 aliphatic rings. The lowest BCUT2D eigenvalue weighted by molar-refractivity contribution is -0.117. The monoisotopic (exact) mass is 556 g/mol. The van der Waals surface area contributed by atoms with E-state index in [-0.39, 0.29) is 17.1 Å². The predicted molar refractivity (Wildman–Crippen MR) is 135 cm³/mol. The molecular weight excluding hydrogens is 540 g/mol. The Labute approximate surface area is 210 Å². The van der Waals surface area contributed by atoms with Crippen LogP contribution in [0.1, 0.15) is 26.8 Å². The van der Waals surface area contributed by atoms with E-state index in [0.717, 1.165) is 10.3 Å². The Balaban J connectivity index is 1.73. The molecule has 0 fully saturated rings. The number of thiazole rings is 1. The Morgan fingerprint density at radius 3 is 2.71 bits per heavy atom. The van der Waals surface area contributed by atoms with Gasteiger partial charge in [0, 0.05) is 0 Å². The molecule has 2 aromatic heterocycles. The summed E-state index contributed by atoms with van der Waals surface area (Å²) in [4.78, 5) is 33.2. The minimum atomic E-state index is -0.977. The molecule has 5 rings (SSSR count). The van der Waals surface area contributed by atoms with Gasteiger partial charge in [0.2, 0.25) is 5.78 Å². The summed E-state index contributed by atoms with van der Waals surface area (Å²) in [7, 11) is 1.41. The van der Waals surface area contributed by atoms with Gasteiger partial charge in [0.05, 0.1) is 38.3 Å². The van der Waals surface area contributed by atoms with Crippen LogP contribution in [0.4, 0.5) is 5.13 Å². The number of ketones is 1. The first kappa shape index (κ1) is 22.6. The minimum Gasteiger partial charge on any atom is -0.503 e. The number of carbonyl (C=O) groups excluding carboxylic acids is 2. The van der Waals surface area contributed by atoms with E-state index >= 15 is 0 Å². The van der Waals surface area contributed by atoms with E-state index in [0.29, 0.717) is 25.6 Å². The molecule has 1 atom stereocenters. The molecule has 2 aromatic carbocycles. The molecule has 0 saturated carbocycles. The first-order chi connectivity index (χ1) is 16.3. The molecule has 172 valence electrons. The molecule has 0 spiro atoms. The van der Waals surface area contributed by atoms with Crippen LogP contribution in [0.2, 0.25) is 0 Å². The Morgan fingerprint density at radius 1 is 1.21 bits per heavy atom. The number of ether oxygens (including phenoxy) is 1. The maximum absolute atomic E-state index is 13.5. The van der Waals surface area contributed by atoms with Crippen molar-refractivity contribution in [3.8, 4) is 11.5 Å². The van der Waals surface area contributed by atoms with E-state index in [9.17, 15) is 19.8 Å². The number of amides is 1. The summed E-state index contributed by atoms with van der Waals surface area (Å²) in [6, 6.07) is 11.3.